The zero-order valence-electron chi connectivity index (χ0n) is 9.77. The number of aromatic amines is 1. The molecule has 0 radical (unpaired) electrons. The van der Waals surface area contributed by atoms with Crippen LogP contribution in [-0.4, -0.2) is 31.8 Å². The number of fused-ring (bicyclic) bond motifs is 1. The van der Waals surface area contributed by atoms with Crippen LogP contribution in [0, 0.1) is 0 Å². The Morgan fingerprint density at radius 3 is 2.71 bits per heavy atom. The Bertz CT molecular complexity index is 616. The Kier molecular flexibility index (Phi) is 3.19. The normalized spacial score (nSPS) is 12.4. The number of H-pyrrole nitrogens is 1. The molecule has 2 N–H and O–H groups in total. The lowest BCUT2D eigenvalue weighted by atomic mass is 10.2. The molecule has 1 aromatic carbocycles. The minimum Gasteiger partial charge on any atom is -0.361 e. The summed E-state index contributed by atoms with van der Waals surface area (Å²) >= 11 is 0. The van der Waals surface area contributed by atoms with E-state index < -0.39 is 10.2 Å². The smallest absolute Gasteiger partial charge is 0.279 e. The third-order valence-corrected chi connectivity index (χ3v) is 4.07. The van der Waals surface area contributed by atoms with Gasteiger partial charge in [0.25, 0.3) is 10.2 Å². The van der Waals surface area contributed by atoms with Crippen molar-refractivity contribution >= 4 is 21.1 Å². The molecular formula is C11H15N3O2S. The van der Waals surface area contributed by atoms with Crippen molar-refractivity contribution < 1.29 is 8.42 Å². The van der Waals surface area contributed by atoms with Gasteiger partial charge in [-0.3, -0.25) is 0 Å². The highest BCUT2D eigenvalue weighted by molar-refractivity contribution is 7.87. The molecule has 2 rings (SSSR count). The molecule has 0 fully saturated rings. The van der Waals surface area contributed by atoms with Gasteiger partial charge in [-0.2, -0.15) is 17.4 Å². The first-order valence-electron chi connectivity index (χ1n) is 5.23. The molecule has 17 heavy (non-hydrogen) atoms. The van der Waals surface area contributed by atoms with E-state index >= 15 is 0 Å². The summed E-state index contributed by atoms with van der Waals surface area (Å²) in [5.41, 5.74) is 1.94. The molecule has 6 heteroatoms. The second-order valence-corrected chi connectivity index (χ2v) is 5.94. The lowest BCUT2D eigenvalue weighted by Crippen LogP contribution is -2.35. The second-order valence-electron chi connectivity index (χ2n) is 3.97. The van der Waals surface area contributed by atoms with Gasteiger partial charge in [0.1, 0.15) is 0 Å². The Labute approximate surface area is 101 Å². The largest absolute Gasteiger partial charge is 0.361 e. The van der Waals surface area contributed by atoms with E-state index in [-0.39, 0.29) is 6.54 Å². The van der Waals surface area contributed by atoms with Crippen LogP contribution in [0.15, 0.2) is 30.5 Å². The number of hydrogen-bond acceptors (Lipinski definition) is 2. The first-order valence-corrected chi connectivity index (χ1v) is 6.67. The first kappa shape index (κ1) is 12.1. The van der Waals surface area contributed by atoms with Crippen molar-refractivity contribution in [2.24, 2.45) is 0 Å². The van der Waals surface area contributed by atoms with E-state index in [2.05, 4.69) is 9.71 Å². The molecule has 0 atom stereocenters. The third-order valence-electron chi connectivity index (χ3n) is 2.60. The summed E-state index contributed by atoms with van der Waals surface area (Å²) in [6.45, 7) is 0.282. The fourth-order valence-electron chi connectivity index (χ4n) is 1.58. The van der Waals surface area contributed by atoms with Crippen LogP contribution >= 0.6 is 0 Å². The van der Waals surface area contributed by atoms with Crippen molar-refractivity contribution in [2.75, 3.05) is 14.1 Å². The van der Waals surface area contributed by atoms with Crippen LogP contribution in [0.4, 0.5) is 0 Å². The molecule has 0 aliphatic heterocycles. The molecule has 0 saturated heterocycles. The Balaban J connectivity index is 2.20. The fraction of sp³-hybridized carbons (Fsp3) is 0.273. The van der Waals surface area contributed by atoms with Gasteiger partial charge in [0, 0.05) is 37.7 Å². The molecule has 1 heterocycles. The molecule has 0 saturated carbocycles. The van der Waals surface area contributed by atoms with Gasteiger partial charge in [0.15, 0.2) is 0 Å². The molecule has 92 valence electrons. The number of nitrogens with one attached hydrogen (secondary N) is 2. The summed E-state index contributed by atoms with van der Waals surface area (Å²) in [6.07, 6.45) is 1.82. The predicted octanol–water partition coefficient (Wildman–Crippen LogP) is 1.06. The standard InChI is InChI=1S/C11H15N3O2S/c1-14(2)17(15,16)13-8-9-7-12-11-6-4-3-5-10(9)11/h3-7,12-13H,8H2,1-2H3. The van der Waals surface area contributed by atoms with Crippen LogP contribution in [0.3, 0.4) is 0 Å². The number of aromatic nitrogens is 1. The zero-order valence-corrected chi connectivity index (χ0v) is 10.6. The van der Waals surface area contributed by atoms with Crippen LogP contribution in [0.25, 0.3) is 10.9 Å². The molecule has 0 unspecified atom stereocenters. The summed E-state index contributed by atoms with van der Waals surface area (Å²) in [5.74, 6) is 0. The van der Waals surface area contributed by atoms with Crippen LogP contribution in [0.1, 0.15) is 5.56 Å². The summed E-state index contributed by atoms with van der Waals surface area (Å²) in [4.78, 5) is 3.11. The van der Waals surface area contributed by atoms with Gasteiger partial charge in [0.05, 0.1) is 0 Å². The number of rotatable bonds is 4. The summed E-state index contributed by atoms with van der Waals surface area (Å²) in [6, 6.07) is 7.79. The van der Waals surface area contributed by atoms with E-state index in [1.807, 2.05) is 30.5 Å². The monoisotopic (exact) mass is 253 g/mol. The molecule has 5 nitrogen and oxygen atoms in total. The fourth-order valence-corrected chi connectivity index (χ4v) is 2.17. The SMILES string of the molecule is CN(C)S(=O)(=O)NCc1c[nH]c2ccccc12. The van der Waals surface area contributed by atoms with Crippen LogP contribution in [0.2, 0.25) is 0 Å². The lowest BCUT2D eigenvalue weighted by Gasteiger charge is -2.11. The maximum atomic E-state index is 11.6. The zero-order chi connectivity index (χ0) is 12.5. The van der Waals surface area contributed by atoms with Gasteiger partial charge in [0.2, 0.25) is 0 Å². The quantitative estimate of drug-likeness (QED) is 0.856. The lowest BCUT2D eigenvalue weighted by molar-refractivity contribution is 0.505. The molecule has 0 aliphatic rings. The van der Waals surface area contributed by atoms with E-state index in [9.17, 15) is 8.42 Å². The first-order chi connectivity index (χ1) is 8.00. The maximum Gasteiger partial charge on any atom is 0.279 e. The minimum absolute atomic E-state index is 0.282. The molecule has 1 aromatic heterocycles. The van der Waals surface area contributed by atoms with Crippen LogP contribution < -0.4 is 4.72 Å². The molecule has 0 aliphatic carbocycles. The van der Waals surface area contributed by atoms with E-state index in [0.717, 1.165) is 20.8 Å². The van der Waals surface area contributed by atoms with Crippen molar-refractivity contribution in [2.45, 2.75) is 6.54 Å². The van der Waals surface area contributed by atoms with E-state index in [0.29, 0.717) is 0 Å². The van der Waals surface area contributed by atoms with Crippen LogP contribution in [-0.2, 0) is 16.8 Å². The molecule has 0 spiro atoms. The molecule has 0 amide bonds. The van der Waals surface area contributed by atoms with Gasteiger partial charge in [-0.1, -0.05) is 18.2 Å². The molecule has 0 bridgehead atoms. The summed E-state index contributed by atoms with van der Waals surface area (Å²) < 4.78 is 26.8. The highest BCUT2D eigenvalue weighted by Crippen LogP contribution is 2.17. The Morgan fingerprint density at radius 1 is 1.29 bits per heavy atom. The van der Waals surface area contributed by atoms with E-state index in [4.69, 9.17) is 0 Å². The van der Waals surface area contributed by atoms with E-state index in [1.165, 1.54) is 14.1 Å². The van der Waals surface area contributed by atoms with Crippen molar-refractivity contribution in [3.63, 3.8) is 0 Å². The van der Waals surface area contributed by atoms with Crippen molar-refractivity contribution in [1.29, 1.82) is 0 Å². The minimum atomic E-state index is -3.37. The molecule has 2 aromatic rings. The number of hydrogen-bond donors (Lipinski definition) is 2. The predicted molar refractivity (Wildman–Crippen MR) is 67.7 cm³/mol. The van der Waals surface area contributed by atoms with Crippen LogP contribution in [0.5, 0.6) is 0 Å². The highest BCUT2D eigenvalue weighted by Gasteiger charge is 2.13. The number of nitrogens with zero attached hydrogens (tertiary/aromatic N) is 1. The van der Waals surface area contributed by atoms with Crippen molar-refractivity contribution in [3.05, 3.63) is 36.0 Å². The average Bonchev–Trinajstić information content (AvgIpc) is 2.69. The van der Waals surface area contributed by atoms with E-state index in [1.54, 1.807) is 0 Å². The average molecular weight is 253 g/mol. The molecular weight excluding hydrogens is 238 g/mol. The third kappa shape index (κ3) is 2.49. The number of benzene rings is 1. The highest BCUT2D eigenvalue weighted by atomic mass is 32.2. The second kappa shape index (κ2) is 4.48. The Morgan fingerprint density at radius 2 is 2.00 bits per heavy atom. The van der Waals surface area contributed by atoms with Gasteiger partial charge in [-0.05, 0) is 11.6 Å². The van der Waals surface area contributed by atoms with Gasteiger partial charge >= 0.3 is 0 Å². The topological polar surface area (TPSA) is 65.2 Å². The maximum absolute atomic E-state index is 11.6. The van der Waals surface area contributed by atoms with Gasteiger partial charge in [-0.15, -0.1) is 0 Å². The van der Waals surface area contributed by atoms with Gasteiger partial charge in [-0.25, -0.2) is 0 Å². The van der Waals surface area contributed by atoms with Crippen molar-refractivity contribution in [1.82, 2.24) is 14.0 Å². The number of para-hydroxylation sites is 1. The summed E-state index contributed by atoms with van der Waals surface area (Å²) in [5, 5.41) is 1.04. The Hall–Kier alpha value is -1.37. The van der Waals surface area contributed by atoms with Crippen molar-refractivity contribution in [3.8, 4) is 0 Å². The summed E-state index contributed by atoms with van der Waals surface area (Å²) in [7, 11) is -0.378. The van der Waals surface area contributed by atoms with Gasteiger partial charge < -0.3 is 4.98 Å².